The summed E-state index contributed by atoms with van der Waals surface area (Å²) in [5.74, 6) is 1.27. The van der Waals surface area contributed by atoms with E-state index >= 15 is 4.39 Å². The number of Topliss-reactive ketones (excluding diaryl/α,β-unsaturated/α-hetero) is 1. The van der Waals surface area contributed by atoms with Gasteiger partial charge in [0.1, 0.15) is 22.6 Å². The highest BCUT2D eigenvalue weighted by Crippen LogP contribution is 2.61. The monoisotopic (exact) mass is 1310 g/mol. The molecular weight excluding hydrogens is 1230 g/mol. The molecule has 3 saturated heterocycles. The smallest absolute Gasteiger partial charge is 0.171 e. The highest BCUT2D eigenvalue weighted by Gasteiger charge is 2.61. The zero-order valence-corrected chi connectivity index (χ0v) is 56.0. The number of nitrogens with zero attached hydrogens (tertiary/aromatic N) is 6. The lowest BCUT2D eigenvalue weighted by Crippen LogP contribution is -2.56. The van der Waals surface area contributed by atoms with Crippen molar-refractivity contribution in [2.45, 2.75) is 166 Å². The summed E-state index contributed by atoms with van der Waals surface area (Å²) in [5.41, 5.74) is 9.94. The second-order valence-electron chi connectivity index (χ2n) is 29.1. The zero-order valence-electron chi connectivity index (χ0n) is 55.2. The van der Waals surface area contributed by atoms with E-state index in [0.29, 0.717) is 103 Å². The highest BCUT2D eigenvalue weighted by atomic mass is 35.5. The van der Waals surface area contributed by atoms with Crippen LogP contribution in [0, 0.1) is 58.4 Å². The first-order valence-corrected chi connectivity index (χ1v) is 35.0. The van der Waals surface area contributed by atoms with E-state index in [0.717, 1.165) is 121 Å². The van der Waals surface area contributed by atoms with Gasteiger partial charge in [-0.25, -0.2) is 38.1 Å². The van der Waals surface area contributed by atoms with Crippen LogP contribution in [0.1, 0.15) is 158 Å². The Kier molecular flexibility index (Phi) is 17.0. The molecule has 5 saturated carbocycles. The molecule has 3 aliphatic heterocycles. The molecule has 0 amide bonds. The van der Waals surface area contributed by atoms with Gasteiger partial charge in [0.2, 0.25) is 0 Å². The van der Waals surface area contributed by atoms with Crippen molar-refractivity contribution in [3.63, 3.8) is 0 Å². The predicted octanol–water partition coefficient (Wildman–Crippen LogP) is 16.6. The van der Waals surface area contributed by atoms with Gasteiger partial charge in [-0.3, -0.25) is 9.78 Å². The molecule has 95 heavy (non-hydrogen) atoms. The minimum Gasteiger partial charge on any atom is -0.347 e. The summed E-state index contributed by atoms with van der Waals surface area (Å²) in [7, 11) is 0. The fourth-order valence-electron chi connectivity index (χ4n) is 18.7. The number of halogens is 4. The maximum absolute atomic E-state index is 15.1. The Morgan fingerprint density at radius 2 is 0.895 bits per heavy atom. The topological polar surface area (TPSA) is 150 Å². The maximum Gasteiger partial charge on any atom is 0.171 e. The third-order valence-corrected chi connectivity index (χ3v) is 24.4. The van der Waals surface area contributed by atoms with Crippen molar-refractivity contribution < 1.29 is 46.4 Å². The molecule has 17 rings (SSSR count). The Morgan fingerprint density at radius 3 is 1.33 bits per heavy atom. The molecule has 7 heterocycles. The second-order valence-corrected chi connectivity index (χ2v) is 29.5. The molecule has 0 bridgehead atoms. The molecule has 9 atom stereocenters. The van der Waals surface area contributed by atoms with Gasteiger partial charge in [-0.1, -0.05) is 95.6 Å². The summed E-state index contributed by atoms with van der Waals surface area (Å²) >= 11 is 6.03. The van der Waals surface area contributed by atoms with Gasteiger partial charge in [0, 0.05) is 116 Å². The molecular formula is C78H84ClF3N6O7. The number of pyridine rings is 2. The van der Waals surface area contributed by atoms with Crippen LogP contribution in [0.25, 0.3) is 51.4 Å². The van der Waals surface area contributed by atoms with Crippen molar-refractivity contribution in [1.29, 1.82) is 0 Å². The Morgan fingerprint density at radius 1 is 0.474 bits per heavy atom. The largest absolute Gasteiger partial charge is 0.347 e. The highest BCUT2D eigenvalue weighted by molar-refractivity contribution is 6.29. The zero-order chi connectivity index (χ0) is 65.7. The number of rotatable bonds is 6. The van der Waals surface area contributed by atoms with Crippen molar-refractivity contribution in [2.75, 3.05) is 39.6 Å². The molecule has 10 aliphatic rings. The Labute approximate surface area is 559 Å². The van der Waals surface area contributed by atoms with Crippen LogP contribution >= 0.6 is 11.6 Å². The van der Waals surface area contributed by atoms with Crippen LogP contribution in [0.5, 0.6) is 0 Å². The van der Waals surface area contributed by atoms with Gasteiger partial charge in [0.15, 0.2) is 34.8 Å². The molecule has 0 radical (unpaired) electrons. The van der Waals surface area contributed by atoms with Crippen LogP contribution in [0.15, 0.2) is 115 Å². The van der Waals surface area contributed by atoms with Crippen molar-refractivity contribution in [3.8, 4) is 45.3 Å². The third-order valence-electron chi connectivity index (χ3n) is 24.2. The standard InChI is InChI=1S/C30H32FN3O2.C27H27ClFN3O2.C21H25FO3/c1-18-23-11-10-22-26(21-5-3-4-6-24(21)31)33-28(20-9-12-25(32-17-20)19-7-8-19)34-27(22)29(23,2)13-14-30(18)35-15-16-36-30;1-16-20-9-8-19-23(18-5-3-4-6-21(18)29)31-25(17-7-10-22(28)30-15-17)32-24(19)26(20,2)11-12-27(16)33-13-14-34-27;1-14-17-8-7-16(13-15-5-3-4-6-18(15)22)19(23)20(17,2)9-10-21(14)24-11-12-25-21/h3-6,9,12,17-19,23H,7-8,10-11,13-16H2,1-2H3;3-7,10,15-16,20H,8-9,11-14H2,1-2H3;3-6,13-14,17H,7-12H2,1-2H3/b;;16-13+/t18-,23-,29-;16-,20-,26-;14-,17-,20-/m111/s1. The van der Waals surface area contributed by atoms with Gasteiger partial charge in [-0.2, -0.15) is 0 Å². The number of ether oxygens (including phenoxy) is 6. The predicted molar refractivity (Wildman–Crippen MR) is 356 cm³/mol. The lowest BCUT2D eigenvalue weighted by atomic mass is 9.54. The molecule has 17 heteroatoms. The SMILES string of the molecule is C[C@@H]1[C@H]2CC/C(=C\c3ccccc3F)C(=O)[C@]2(C)CCC12OCCO2.C[C@@H]1[C@H]2CCc3c(-c4ccccc4F)nc(-c4ccc(C5CC5)nc4)nc3[C@]2(C)CCC12OCCO2.C[C@@H]1[C@H]2CCc3c(-c4ccccc4F)nc(-c4ccc(Cl)nc4)nc3[C@]2(C)CCC12OCCO2. The average Bonchev–Trinajstić information content (AvgIpc) is 1.72. The lowest BCUT2D eigenvalue weighted by molar-refractivity contribution is -0.241. The van der Waals surface area contributed by atoms with Crippen LogP contribution in [-0.4, -0.2) is 92.7 Å². The summed E-state index contributed by atoms with van der Waals surface area (Å²) in [5, 5.41) is 0.408. The van der Waals surface area contributed by atoms with Crippen molar-refractivity contribution in [3.05, 3.63) is 171 Å². The first-order chi connectivity index (χ1) is 45.9. The quantitative estimate of drug-likeness (QED) is 0.115. The summed E-state index contributed by atoms with van der Waals surface area (Å²) in [4.78, 5) is 42.5. The molecule has 7 aromatic rings. The van der Waals surface area contributed by atoms with Gasteiger partial charge in [0.05, 0.1) is 62.4 Å². The summed E-state index contributed by atoms with van der Waals surface area (Å²) < 4.78 is 80.7. The number of carbonyl (C=O) groups is 1. The van der Waals surface area contributed by atoms with Crippen LogP contribution in [0.3, 0.4) is 0 Å². The van der Waals surface area contributed by atoms with Crippen molar-refractivity contribution >= 4 is 23.5 Å². The lowest BCUT2D eigenvalue weighted by Gasteiger charge is -2.54. The van der Waals surface area contributed by atoms with Gasteiger partial charge in [-0.05, 0) is 155 Å². The van der Waals surface area contributed by atoms with E-state index in [9.17, 15) is 13.6 Å². The van der Waals surface area contributed by atoms with Gasteiger partial charge >= 0.3 is 0 Å². The van der Waals surface area contributed by atoms with Gasteiger partial charge in [-0.15, -0.1) is 0 Å². The van der Waals surface area contributed by atoms with Crippen molar-refractivity contribution in [1.82, 2.24) is 29.9 Å². The fourth-order valence-corrected chi connectivity index (χ4v) is 18.8. The van der Waals surface area contributed by atoms with E-state index < -0.39 is 22.8 Å². The summed E-state index contributed by atoms with van der Waals surface area (Å²) in [6.07, 6.45) is 17.9. The first-order valence-electron chi connectivity index (χ1n) is 34.6. The molecule has 8 fully saturated rings. The number of benzene rings is 3. The van der Waals surface area contributed by atoms with Crippen LogP contribution in [0.4, 0.5) is 13.2 Å². The van der Waals surface area contributed by atoms with Crippen LogP contribution in [0.2, 0.25) is 5.15 Å². The maximum atomic E-state index is 15.1. The normalized spacial score (nSPS) is 30.1. The molecule has 496 valence electrons. The van der Waals surface area contributed by atoms with E-state index in [1.165, 1.54) is 31.0 Å². The van der Waals surface area contributed by atoms with Gasteiger partial charge < -0.3 is 28.4 Å². The van der Waals surface area contributed by atoms with Gasteiger partial charge in [0.25, 0.3) is 0 Å². The van der Waals surface area contributed by atoms with E-state index in [-0.39, 0.29) is 57.7 Å². The van der Waals surface area contributed by atoms with E-state index in [1.807, 2.05) is 30.5 Å². The number of ketones is 1. The number of allylic oxidation sites excluding steroid dienone is 1. The molecule has 4 aromatic heterocycles. The van der Waals surface area contributed by atoms with E-state index in [4.69, 9.17) is 64.9 Å². The molecule has 3 spiro atoms. The van der Waals surface area contributed by atoms with E-state index in [2.05, 4.69) is 58.7 Å². The Balaban J connectivity index is 0.000000119. The minimum absolute atomic E-state index is 0.160. The average molecular weight is 1310 g/mol. The summed E-state index contributed by atoms with van der Waals surface area (Å²) in [6.45, 7) is 17.3. The number of carbonyl (C=O) groups excluding carboxylic acids is 1. The van der Waals surface area contributed by atoms with E-state index in [1.54, 1.807) is 54.7 Å². The number of aromatic nitrogens is 6. The molecule has 7 aliphatic carbocycles. The number of hydrogen-bond donors (Lipinski definition) is 0. The number of hydrogen-bond acceptors (Lipinski definition) is 13. The Bertz CT molecular complexity index is 4100. The molecule has 3 aromatic carbocycles. The Hall–Kier alpha value is -6.63. The summed E-state index contributed by atoms with van der Waals surface area (Å²) in [6, 6.07) is 28.2. The molecule has 13 nitrogen and oxygen atoms in total. The van der Waals surface area contributed by atoms with Crippen molar-refractivity contribution in [2.24, 2.45) is 40.9 Å². The third kappa shape index (κ3) is 11.2. The van der Waals surface area contributed by atoms with Crippen LogP contribution in [-0.2, 0) is 56.9 Å². The first kappa shape index (κ1) is 64.4. The van der Waals surface area contributed by atoms with Crippen LogP contribution < -0.4 is 0 Å². The molecule has 0 unspecified atom stereocenters. The second kappa shape index (κ2) is 25.0. The molecule has 0 N–H and O–H groups in total. The minimum atomic E-state index is -0.503. The fraction of sp³-hybridized carbons (Fsp3) is 0.500. The number of fused-ring (bicyclic) bond motifs is 7.